The molecule has 0 fully saturated rings. The van der Waals surface area contributed by atoms with Crippen LogP contribution in [-0.2, 0) is 4.74 Å². The number of amides is 1. The first kappa shape index (κ1) is 28.9. The molecule has 2 N–H and O–H groups in total. The molecule has 26 heavy (non-hydrogen) atoms. The predicted molar refractivity (Wildman–Crippen MR) is 114 cm³/mol. The minimum Gasteiger partial charge on any atom is -0.492 e. The number of benzene rings is 1. The van der Waals surface area contributed by atoms with Gasteiger partial charge in [0.2, 0.25) is 0 Å². The van der Waals surface area contributed by atoms with Gasteiger partial charge in [0.25, 0.3) is 0 Å². The Morgan fingerprint density at radius 3 is 1.92 bits per heavy atom. The standard InChI is InChI=1S/C16H26N2O3.2C2H6.CH4/c1-12(2)18(15(19)21-16(3,4)5)10-11-20-14-8-6-13(17)7-9-14;2*1-2;/h6-9,12H,10-11,17H2,1-5H3;2*1-2H3;1H4. The van der Waals surface area contributed by atoms with E-state index in [0.717, 1.165) is 5.75 Å². The maximum atomic E-state index is 12.1. The molecule has 0 aromatic heterocycles. The van der Waals surface area contributed by atoms with Crippen LogP contribution < -0.4 is 10.5 Å². The van der Waals surface area contributed by atoms with E-state index in [1.54, 1.807) is 17.0 Å². The Bertz CT molecular complexity index is 451. The fraction of sp³-hybridized carbons (Fsp3) is 0.667. The number of hydrogen-bond donors (Lipinski definition) is 1. The second-order valence-corrected chi connectivity index (χ2v) is 6.18. The molecule has 0 atom stereocenters. The summed E-state index contributed by atoms with van der Waals surface area (Å²) in [5, 5.41) is 0. The number of nitrogen functional groups attached to an aromatic ring is 1. The van der Waals surface area contributed by atoms with Crippen LogP contribution in [0.3, 0.4) is 0 Å². The zero-order valence-corrected chi connectivity index (χ0v) is 17.6. The lowest BCUT2D eigenvalue weighted by atomic mass is 10.2. The average Bonchev–Trinajstić information content (AvgIpc) is 2.55. The molecule has 0 radical (unpaired) electrons. The summed E-state index contributed by atoms with van der Waals surface area (Å²) in [6.07, 6.45) is -0.321. The third kappa shape index (κ3) is 13.4. The molecular formula is C21H42N2O3. The number of nitrogens with two attached hydrogens (primary N) is 1. The van der Waals surface area contributed by atoms with Gasteiger partial charge in [0.05, 0.1) is 6.54 Å². The molecule has 0 aliphatic carbocycles. The van der Waals surface area contributed by atoms with Crippen molar-refractivity contribution in [2.24, 2.45) is 0 Å². The number of rotatable bonds is 5. The number of anilines is 1. The molecule has 5 heteroatoms. The van der Waals surface area contributed by atoms with Crippen molar-refractivity contribution in [1.29, 1.82) is 0 Å². The minimum absolute atomic E-state index is 0. The summed E-state index contributed by atoms with van der Waals surface area (Å²) in [4.78, 5) is 13.8. The van der Waals surface area contributed by atoms with Crippen molar-refractivity contribution in [3.8, 4) is 5.75 Å². The maximum Gasteiger partial charge on any atom is 0.410 e. The van der Waals surface area contributed by atoms with Gasteiger partial charge in [-0.3, -0.25) is 0 Å². The fourth-order valence-corrected chi connectivity index (χ4v) is 1.71. The van der Waals surface area contributed by atoms with Gasteiger partial charge >= 0.3 is 6.09 Å². The van der Waals surface area contributed by atoms with E-state index in [9.17, 15) is 4.79 Å². The highest BCUT2D eigenvalue weighted by Crippen LogP contribution is 2.14. The molecule has 0 aliphatic rings. The fourth-order valence-electron chi connectivity index (χ4n) is 1.71. The summed E-state index contributed by atoms with van der Waals surface area (Å²) >= 11 is 0. The molecule has 1 aromatic carbocycles. The second kappa shape index (κ2) is 15.4. The van der Waals surface area contributed by atoms with E-state index in [1.165, 1.54) is 0 Å². The van der Waals surface area contributed by atoms with E-state index in [2.05, 4.69) is 0 Å². The summed E-state index contributed by atoms with van der Waals surface area (Å²) in [5.41, 5.74) is 5.81. The third-order valence-corrected chi connectivity index (χ3v) is 2.73. The number of hydrogen-bond acceptors (Lipinski definition) is 4. The first-order chi connectivity index (χ1) is 11.7. The lowest BCUT2D eigenvalue weighted by molar-refractivity contribution is 0.0164. The summed E-state index contributed by atoms with van der Waals surface area (Å²) in [7, 11) is 0. The Hall–Kier alpha value is -1.91. The molecule has 0 aliphatic heterocycles. The van der Waals surface area contributed by atoms with Crippen molar-refractivity contribution in [2.45, 2.75) is 81.4 Å². The van der Waals surface area contributed by atoms with E-state index in [4.69, 9.17) is 15.2 Å². The van der Waals surface area contributed by atoms with Crippen LogP contribution in [0.25, 0.3) is 0 Å². The van der Waals surface area contributed by atoms with Gasteiger partial charge in [-0.25, -0.2) is 4.79 Å². The molecule has 1 aromatic rings. The molecule has 0 heterocycles. The first-order valence-corrected chi connectivity index (χ1v) is 9.17. The van der Waals surface area contributed by atoms with E-state index >= 15 is 0 Å². The van der Waals surface area contributed by atoms with Crippen LogP contribution in [0, 0.1) is 0 Å². The van der Waals surface area contributed by atoms with Crippen LogP contribution in [0.4, 0.5) is 10.5 Å². The van der Waals surface area contributed by atoms with Crippen LogP contribution in [0.2, 0.25) is 0 Å². The molecule has 1 rings (SSSR count). The third-order valence-electron chi connectivity index (χ3n) is 2.73. The Labute approximate surface area is 161 Å². The largest absolute Gasteiger partial charge is 0.492 e. The highest BCUT2D eigenvalue weighted by molar-refractivity contribution is 5.68. The highest BCUT2D eigenvalue weighted by Gasteiger charge is 2.23. The maximum absolute atomic E-state index is 12.1. The molecular weight excluding hydrogens is 328 g/mol. The smallest absolute Gasteiger partial charge is 0.410 e. The van der Waals surface area contributed by atoms with Crippen molar-refractivity contribution in [1.82, 2.24) is 4.90 Å². The van der Waals surface area contributed by atoms with Crippen LogP contribution in [0.15, 0.2) is 24.3 Å². The molecule has 1 amide bonds. The van der Waals surface area contributed by atoms with E-state index in [1.807, 2.05) is 74.4 Å². The number of nitrogens with zero attached hydrogens (tertiary/aromatic N) is 1. The van der Waals surface area contributed by atoms with Gasteiger partial charge in [-0.1, -0.05) is 35.1 Å². The van der Waals surface area contributed by atoms with Crippen molar-refractivity contribution >= 4 is 11.8 Å². The molecule has 154 valence electrons. The number of carbonyl (C=O) groups excluding carboxylic acids is 1. The molecule has 5 nitrogen and oxygen atoms in total. The monoisotopic (exact) mass is 370 g/mol. The molecule has 0 spiro atoms. The van der Waals surface area contributed by atoms with Gasteiger partial charge in [0.1, 0.15) is 18.0 Å². The molecule has 0 saturated carbocycles. The zero-order chi connectivity index (χ0) is 20.0. The zero-order valence-electron chi connectivity index (χ0n) is 17.6. The molecule has 0 bridgehead atoms. The highest BCUT2D eigenvalue weighted by atomic mass is 16.6. The number of ether oxygens (including phenoxy) is 2. The quantitative estimate of drug-likeness (QED) is 0.647. The van der Waals surface area contributed by atoms with Gasteiger partial charge in [-0.05, 0) is 58.9 Å². The van der Waals surface area contributed by atoms with Gasteiger partial charge in [0, 0.05) is 11.7 Å². The Balaban J connectivity index is -0.000000985. The van der Waals surface area contributed by atoms with Crippen LogP contribution in [0.5, 0.6) is 5.75 Å². The summed E-state index contributed by atoms with van der Waals surface area (Å²) in [5.74, 6) is 0.733. The van der Waals surface area contributed by atoms with Crippen molar-refractivity contribution in [2.75, 3.05) is 18.9 Å². The predicted octanol–water partition coefficient (Wildman–Crippen LogP) is 5.98. The van der Waals surface area contributed by atoms with Crippen molar-refractivity contribution in [3.05, 3.63) is 24.3 Å². The molecule has 0 saturated heterocycles. The topological polar surface area (TPSA) is 64.8 Å². The van der Waals surface area contributed by atoms with Crippen LogP contribution in [-0.4, -0.2) is 35.8 Å². The Morgan fingerprint density at radius 2 is 1.54 bits per heavy atom. The van der Waals surface area contributed by atoms with Gasteiger partial charge in [0.15, 0.2) is 0 Å². The summed E-state index contributed by atoms with van der Waals surface area (Å²) < 4.78 is 11.0. The van der Waals surface area contributed by atoms with Crippen LogP contribution in [0.1, 0.15) is 69.7 Å². The van der Waals surface area contributed by atoms with Crippen molar-refractivity contribution < 1.29 is 14.3 Å². The Morgan fingerprint density at radius 1 is 1.08 bits per heavy atom. The van der Waals surface area contributed by atoms with E-state index in [-0.39, 0.29) is 19.6 Å². The minimum atomic E-state index is -0.498. The second-order valence-electron chi connectivity index (χ2n) is 6.18. The van der Waals surface area contributed by atoms with Crippen LogP contribution >= 0.6 is 0 Å². The van der Waals surface area contributed by atoms with Crippen molar-refractivity contribution in [3.63, 3.8) is 0 Å². The molecule has 0 unspecified atom stereocenters. The summed E-state index contributed by atoms with van der Waals surface area (Å²) in [6.45, 7) is 18.3. The first-order valence-electron chi connectivity index (χ1n) is 9.17. The Kier molecular flexibility index (Phi) is 17.1. The average molecular weight is 371 g/mol. The van der Waals surface area contributed by atoms with Gasteiger partial charge in [-0.15, -0.1) is 0 Å². The lowest BCUT2D eigenvalue weighted by Gasteiger charge is -2.30. The summed E-state index contributed by atoms with van der Waals surface area (Å²) in [6, 6.07) is 7.23. The normalized spacial score (nSPS) is 9.62. The number of carbonyl (C=O) groups is 1. The van der Waals surface area contributed by atoms with Gasteiger partial charge in [-0.2, -0.15) is 0 Å². The van der Waals surface area contributed by atoms with Gasteiger partial charge < -0.3 is 20.1 Å². The van der Waals surface area contributed by atoms with E-state index in [0.29, 0.717) is 18.8 Å². The lowest BCUT2D eigenvalue weighted by Crippen LogP contribution is -2.43. The van der Waals surface area contributed by atoms with E-state index < -0.39 is 5.60 Å². The SMILES string of the molecule is C.CC.CC.CC(C)N(CCOc1ccc(N)cc1)C(=O)OC(C)(C)C.